The highest BCUT2D eigenvalue weighted by molar-refractivity contribution is 9.09. The number of alkyl halides is 2. The number of unbranched alkanes of at least 4 members (excludes halogenated alkanes) is 17. The first kappa shape index (κ1) is 28.1. The molecule has 0 rings (SSSR count). The summed E-state index contributed by atoms with van der Waals surface area (Å²) in [5, 5.41) is 5.12. The molecular formula is C22H47Br2N. The predicted molar refractivity (Wildman–Crippen MR) is 126 cm³/mol. The van der Waals surface area contributed by atoms with Crippen LogP contribution in [0.1, 0.15) is 116 Å². The van der Waals surface area contributed by atoms with E-state index in [-0.39, 0.29) is 0 Å². The van der Waals surface area contributed by atoms with Gasteiger partial charge < -0.3 is 5.32 Å². The van der Waals surface area contributed by atoms with Crippen molar-refractivity contribution in [3.05, 3.63) is 0 Å². The van der Waals surface area contributed by atoms with Gasteiger partial charge in [0.25, 0.3) is 0 Å². The Bertz CT molecular complexity index is 180. The lowest BCUT2D eigenvalue weighted by Crippen LogP contribution is -1.89. The first-order chi connectivity index (χ1) is 12.3. The van der Waals surface area contributed by atoms with Gasteiger partial charge in [-0.2, -0.15) is 0 Å². The number of hydrogen-bond acceptors (Lipinski definition) is 1. The Kier molecular flexibility index (Phi) is 33.4. The Hall–Kier alpha value is 0.920. The van der Waals surface area contributed by atoms with Gasteiger partial charge in [0.15, 0.2) is 0 Å². The molecule has 0 bridgehead atoms. The summed E-state index contributed by atoms with van der Waals surface area (Å²) in [6.45, 7) is 0. The molecule has 0 fully saturated rings. The maximum atomic E-state index is 3.50. The minimum atomic E-state index is 1.18. The van der Waals surface area contributed by atoms with Crippen molar-refractivity contribution in [3.63, 3.8) is 0 Å². The fraction of sp³-hybridized carbons (Fsp3) is 1.00. The van der Waals surface area contributed by atoms with Crippen molar-refractivity contribution >= 4 is 31.9 Å². The molecule has 154 valence electrons. The van der Waals surface area contributed by atoms with E-state index < -0.39 is 0 Å². The lowest BCUT2D eigenvalue weighted by atomic mass is 10.0. The monoisotopic (exact) mass is 483 g/mol. The third kappa shape index (κ3) is 33.0. The van der Waals surface area contributed by atoms with E-state index in [0.717, 1.165) is 0 Å². The van der Waals surface area contributed by atoms with Crippen molar-refractivity contribution in [2.24, 2.45) is 0 Å². The summed E-state index contributed by atoms with van der Waals surface area (Å²) in [4.78, 5) is 0. The Balaban J connectivity index is 0. The van der Waals surface area contributed by atoms with Gasteiger partial charge in [0.1, 0.15) is 0 Å². The van der Waals surface area contributed by atoms with Gasteiger partial charge in [-0.25, -0.2) is 0 Å². The Morgan fingerprint density at radius 2 is 0.480 bits per heavy atom. The van der Waals surface area contributed by atoms with Gasteiger partial charge in [-0.1, -0.05) is 135 Å². The van der Waals surface area contributed by atoms with Gasteiger partial charge in [-0.3, -0.25) is 0 Å². The van der Waals surface area contributed by atoms with E-state index in [4.69, 9.17) is 0 Å². The molecule has 0 amide bonds. The summed E-state index contributed by atoms with van der Waals surface area (Å²) in [6, 6.07) is 0. The molecule has 0 radical (unpaired) electrons. The molecule has 0 spiro atoms. The first-order valence-corrected chi connectivity index (χ1v) is 13.3. The van der Waals surface area contributed by atoms with Crippen LogP contribution in [0.2, 0.25) is 0 Å². The molecule has 0 aromatic heterocycles. The molecule has 0 aliphatic carbocycles. The smallest absolute Gasteiger partial charge is 0.00313 e. The normalized spacial score (nSPS) is 10.6. The van der Waals surface area contributed by atoms with Crippen molar-refractivity contribution in [2.75, 3.05) is 24.8 Å². The summed E-state index contributed by atoms with van der Waals surface area (Å²) in [6.07, 6.45) is 26.1. The van der Waals surface area contributed by atoms with Gasteiger partial charge in [0.2, 0.25) is 0 Å². The molecule has 0 unspecified atom stereocenters. The number of nitrogens with one attached hydrogen (secondary N) is 1. The minimum Gasteiger partial charge on any atom is -0.323 e. The first-order valence-electron chi connectivity index (χ1n) is 11.0. The number of rotatable bonds is 19. The second kappa shape index (κ2) is 29.7. The Morgan fingerprint density at radius 1 is 0.360 bits per heavy atom. The van der Waals surface area contributed by atoms with Crippen LogP contribution in [0.25, 0.3) is 0 Å². The van der Waals surface area contributed by atoms with E-state index >= 15 is 0 Å². The van der Waals surface area contributed by atoms with Crippen LogP contribution in [-0.2, 0) is 0 Å². The fourth-order valence-corrected chi connectivity index (χ4v) is 3.81. The topological polar surface area (TPSA) is 12.0 Å². The van der Waals surface area contributed by atoms with Crippen LogP contribution in [0, 0.1) is 0 Å². The van der Waals surface area contributed by atoms with Crippen molar-refractivity contribution in [2.45, 2.75) is 116 Å². The van der Waals surface area contributed by atoms with Crippen LogP contribution in [0.4, 0.5) is 0 Å². The van der Waals surface area contributed by atoms with Gasteiger partial charge >= 0.3 is 0 Å². The van der Waals surface area contributed by atoms with Gasteiger partial charge in [-0.05, 0) is 26.9 Å². The molecule has 0 aromatic rings. The van der Waals surface area contributed by atoms with Crippen molar-refractivity contribution in [1.29, 1.82) is 0 Å². The molecule has 25 heavy (non-hydrogen) atoms. The molecule has 0 aliphatic rings. The van der Waals surface area contributed by atoms with Crippen LogP contribution in [0.15, 0.2) is 0 Å². The molecule has 3 heteroatoms. The molecule has 0 saturated carbocycles. The summed E-state index contributed by atoms with van der Waals surface area (Å²) in [5.74, 6) is 0. The van der Waals surface area contributed by atoms with Crippen LogP contribution in [-0.4, -0.2) is 24.8 Å². The summed E-state index contributed by atoms with van der Waals surface area (Å²) < 4.78 is 0. The second-order valence-electron chi connectivity index (χ2n) is 7.24. The van der Waals surface area contributed by atoms with Crippen LogP contribution in [0.5, 0.6) is 0 Å². The van der Waals surface area contributed by atoms with Crippen LogP contribution in [0.3, 0.4) is 0 Å². The number of halogens is 2. The molecular weight excluding hydrogens is 438 g/mol. The molecule has 1 N–H and O–H groups in total. The van der Waals surface area contributed by atoms with Crippen molar-refractivity contribution < 1.29 is 0 Å². The van der Waals surface area contributed by atoms with Gasteiger partial charge in [0, 0.05) is 10.7 Å². The maximum absolute atomic E-state index is 3.50. The lowest BCUT2D eigenvalue weighted by molar-refractivity contribution is 0.527. The van der Waals surface area contributed by atoms with E-state index in [2.05, 4.69) is 37.2 Å². The highest BCUT2D eigenvalue weighted by Gasteiger charge is 1.95. The number of hydrogen-bond donors (Lipinski definition) is 1. The quantitative estimate of drug-likeness (QED) is 0.143. The molecule has 1 nitrogen and oxygen atoms in total. The fourth-order valence-electron chi connectivity index (χ4n) is 3.02. The van der Waals surface area contributed by atoms with E-state index in [1.165, 1.54) is 126 Å². The second-order valence-corrected chi connectivity index (χ2v) is 8.83. The van der Waals surface area contributed by atoms with Crippen molar-refractivity contribution in [3.8, 4) is 0 Å². The van der Waals surface area contributed by atoms with Gasteiger partial charge in [0.05, 0.1) is 0 Å². The minimum absolute atomic E-state index is 1.18. The zero-order valence-corrected chi connectivity index (χ0v) is 20.6. The van der Waals surface area contributed by atoms with E-state index in [1.807, 2.05) is 14.1 Å². The molecule has 0 saturated heterocycles. The van der Waals surface area contributed by atoms with Crippen molar-refractivity contribution in [1.82, 2.24) is 5.32 Å². The predicted octanol–water partition coefficient (Wildman–Crippen LogP) is 8.63. The zero-order chi connectivity index (χ0) is 18.8. The van der Waals surface area contributed by atoms with E-state index in [0.29, 0.717) is 0 Å². The van der Waals surface area contributed by atoms with Crippen LogP contribution < -0.4 is 5.32 Å². The SMILES string of the molecule is BrCCCCCCCCCCCCCCCCCCCCBr.CNC. The summed E-state index contributed by atoms with van der Waals surface area (Å²) in [5.41, 5.74) is 0. The standard InChI is InChI=1S/C20H40Br2.C2H7N/c21-19-17-15-13-11-9-7-5-3-1-2-4-6-8-10-12-14-16-18-20-22;1-3-2/h1-20H2;3H,1-2H3. The molecule has 0 heterocycles. The van der Waals surface area contributed by atoms with E-state index in [1.54, 1.807) is 0 Å². The Morgan fingerprint density at radius 3 is 0.600 bits per heavy atom. The third-order valence-corrected chi connectivity index (χ3v) is 5.64. The summed E-state index contributed by atoms with van der Waals surface area (Å²) in [7, 11) is 3.75. The lowest BCUT2D eigenvalue weighted by Gasteiger charge is -2.03. The molecule has 0 aromatic carbocycles. The molecule has 0 aliphatic heterocycles. The average molecular weight is 485 g/mol. The largest absolute Gasteiger partial charge is 0.323 e. The highest BCUT2D eigenvalue weighted by Crippen LogP contribution is 2.14. The maximum Gasteiger partial charge on any atom is 0.00313 e. The Labute approximate surface area is 177 Å². The third-order valence-electron chi connectivity index (χ3n) is 4.52. The highest BCUT2D eigenvalue weighted by atomic mass is 79.9. The van der Waals surface area contributed by atoms with Gasteiger partial charge in [-0.15, -0.1) is 0 Å². The van der Waals surface area contributed by atoms with Crippen LogP contribution >= 0.6 is 31.9 Å². The van der Waals surface area contributed by atoms with E-state index in [9.17, 15) is 0 Å². The zero-order valence-electron chi connectivity index (χ0n) is 17.4. The summed E-state index contributed by atoms with van der Waals surface area (Å²) >= 11 is 7.00. The molecule has 0 atom stereocenters. The average Bonchev–Trinajstić information content (AvgIpc) is 2.61.